The van der Waals surface area contributed by atoms with Crippen molar-refractivity contribution in [3.63, 3.8) is 0 Å². The van der Waals surface area contributed by atoms with E-state index in [0.717, 1.165) is 41.2 Å². The van der Waals surface area contributed by atoms with Gasteiger partial charge in [0.1, 0.15) is 0 Å². The number of carbonyl (C=O) groups is 1. The Hall–Kier alpha value is -3.01. The average Bonchev–Trinajstić information content (AvgIpc) is 3.23. The van der Waals surface area contributed by atoms with E-state index in [4.69, 9.17) is 23.2 Å². The molecule has 0 saturated heterocycles. The minimum absolute atomic E-state index is 0.000165. The number of rotatable bonds is 6. The number of alkyl halides is 3. The van der Waals surface area contributed by atoms with E-state index in [1.54, 1.807) is 16.7 Å². The monoisotopic (exact) mass is 536 g/mol. The number of aromatic nitrogens is 3. The molecule has 0 aliphatic carbocycles. The van der Waals surface area contributed by atoms with Crippen LogP contribution in [-0.4, -0.2) is 26.4 Å². The zero-order chi connectivity index (χ0) is 25.2. The molecule has 1 aromatic heterocycles. The molecule has 11 heteroatoms. The first kappa shape index (κ1) is 25.1. The first-order valence-corrected chi connectivity index (χ1v) is 11.9. The van der Waals surface area contributed by atoms with Crippen molar-refractivity contribution in [3.8, 4) is 17.1 Å². The lowest BCUT2D eigenvalue weighted by atomic mass is 10.2. The van der Waals surface area contributed by atoms with Gasteiger partial charge in [-0.15, -0.1) is 10.2 Å². The molecule has 35 heavy (non-hydrogen) atoms. The zero-order valence-corrected chi connectivity index (χ0v) is 20.4. The maximum absolute atomic E-state index is 13.0. The van der Waals surface area contributed by atoms with Gasteiger partial charge in [-0.1, -0.05) is 64.8 Å². The molecule has 1 N–H and O–H groups in total. The van der Waals surface area contributed by atoms with Gasteiger partial charge in [0, 0.05) is 11.3 Å². The Morgan fingerprint density at radius 2 is 1.71 bits per heavy atom. The number of amides is 1. The Bertz CT molecular complexity index is 1370. The van der Waals surface area contributed by atoms with Crippen molar-refractivity contribution in [1.82, 2.24) is 14.8 Å². The molecule has 4 rings (SSSR count). The van der Waals surface area contributed by atoms with Crippen LogP contribution in [-0.2, 0) is 11.0 Å². The summed E-state index contributed by atoms with van der Waals surface area (Å²) in [6, 6.07) is 17.6. The topological polar surface area (TPSA) is 59.8 Å². The summed E-state index contributed by atoms with van der Waals surface area (Å²) in [5, 5.41) is 11.9. The second-order valence-electron chi connectivity index (χ2n) is 7.49. The van der Waals surface area contributed by atoms with Crippen LogP contribution in [0.25, 0.3) is 17.1 Å². The molecule has 3 aromatic carbocycles. The van der Waals surface area contributed by atoms with E-state index >= 15 is 0 Å². The molecular formula is C24H17Cl2F3N4OS. The standard InChI is InChI=1S/C24H17Cl2F3N4OS/c1-14-6-9-16(10-7-14)33-22(17-4-2-3-5-18(17)25)31-32-23(33)35-13-21(34)30-20-12-15(24(27,28)29)8-11-19(20)26/h2-12H,13H2,1H3,(H,30,34). The van der Waals surface area contributed by atoms with Crippen LogP contribution < -0.4 is 5.32 Å². The highest BCUT2D eigenvalue weighted by Gasteiger charge is 2.31. The number of aryl methyl sites for hydroxylation is 1. The fourth-order valence-corrected chi connectivity index (χ4v) is 4.36. The van der Waals surface area contributed by atoms with Crippen molar-refractivity contribution in [1.29, 1.82) is 0 Å². The zero-order valence-electron chi connectivity index (χ0n) is 18.1. The third-order valence-electron chi connectivity index (χ3n) is 4.94. The van der Waals surface area contributed by atoms with E-state index in [9.17, 15) is 18.0 Å². The molecule has 0 spiro atoms. The number of anilines is 1. The Morgan fingerprint density at radius 1 is 1.00 bits per heavy atom. The lowest BCUT2D eigenvalue weighted by Crippen LogP contribution is -2.16. The quantitative estimate of drug-likeness (QED) is 0.262. The van der Waals surface area contributed by atoms with Crippen LogP contribution in [0.1, 0.15) is 11.1 Å². The fourth-order valence-electron chi connectivity index (χ4n) is 3.22. The molecule has 0 bridgehead atoms. The third-order valence-corrected chi connectivity index (χ3v) is 6.53. The van der Waals surface area contributed by atoms with Gasteiger partial charge in [-0.2, -0.15) is 13.2 Å². The average molecular weight is 537 g/mol. The number of thioether (sulfide) groups is 1. The summed E-state index contributed by atoms with van der Waals surface area (Å²) in [5.74, 6) is -0.198. The van der Waals surface area contributed by atoms with Crippen molar-refractivity contribution in [2.24, 2.45) is 0 Å². The van der Waals surface area contributed by atoms with Gasteiger partial charge in [0.05, 0.1) is 27.0 Å². The lowest BCUT2D eigenvalue weighted by molar-refractivity contribution is -0.137. The predicted octanol–water partition coefficient (Wildman–Crippen LogP) is 7.30. The normalized spacial score (nSPS) is 11.5. The third kappa shape index (κ3) is 5.80. The smallest absolute Gasteiger partial charge is 0.324 e. The number of nitrogens with one attached hydrogen (secondary N) is 1. The van der Waals surface area contributed by atoms with Gasteiger partial charge in [0.25, 0.3) is 0 Å². The van der Waals surface area contributed by atoms with Crippen molar-refractivity contribution in [3.05, 3.63) is 87.9 Å². The van der Waals surface area contributed by atoms with Gasteiger partial charge in [-0.3, -0.25) is 9.36 Å². The summed E-state index contributed by atoms with van der Waals surface area (Å²) in [5.41, 5.74) is 1.46. The molecule has 0 aliphatic rings. The second kappa shape index (κ2) is 10.3. The van der Waals surface area contributed by atoms with E-state index in [-0.39, 0.29) is 16.5 Å². The van der Waals surface area contributed by atoms with Crippen molar-refractivity contribution >= 4 is 46.6 Å². The number of nitrogens with zero attached hydrogens (tertiary/aromatic N) is 3. The first-order valence-electron chi connectivity index (χ1n) is 10.2. The van der Waals surface area contributed by atoms with Crippen LogP contribution in [0.15, 0.2) is 71.9 Å². The van der Waals surface area contributed by atoms with Gasteiger partial charge in [-0.05, 0) is 49.4 Å². The SMILES string of the molecule is Cc1ccc(-n2c(SCC(=O)Nc3cc(C(F)(F)F)ccc3Cl)nnc2-c2ccccc2Cl)cc1. The van der Waals surface area contributed by atoms with E-state index in [2.05, 4.69) is 15.5 Å². The van der Waals surface area contributed by atoms with E-state index in [1.807, 2.05) is 43.3 Å². The molecule has 0 atom stereocenters. The van der Waals surface area contributed by atoms with Crippen molar-refractivity contribution < 1.29 is 18.0 Å². The summed E-state index contributed by atoms with van der Waals surface area (Å²) in [6.45, 7) is 1.96. The molecule has 1 heterocycles. The second-order valence-corrected chi connectivity index (χ2v) is 9.24. The van der Waals surface area contributed by atoms with Crippen LogP contribution in [0, 0.1) is 6.92 Å². The largest absolute Gasteiger partial charge is 0.416 e. The minimum atomic E-state index is -4.56. The molecular weight excluding hydrogens is 520 g/mol. The number of hydrogen-bond donors (Lipinski definition) is 1. The van der Waals surface area contributed by atoms with Crippen molar-refractivity contribution in [2.75, 3.05) is 11.1 Å². The van der Waals surface area contributed by atoms with Gasteiger partial charge < -0.3 is 5.32 Å². The maximum Gasteiger partial charge on any atom is 0.416 e. The van der Waals surface area contributed by atoms with Crippen LogP contribution in [0.2, 0.25) is 10.0 Å². The summed E-state index contributed by atoms with van der Waals surface area (Å²) >= 11 is 13.4. The highest BCUT2D eigenvalue weighted by Crippen LogP contribution is 2.35. The molecule has 180 valence electrons. The molecule has 0 fully saturated rings. The lowest BCUT2D eigenvalue weighted by Gasteiger charge is -2.13. The van der Waals surface area contributed by atoms with E-state index in [1.165, 1.54) is 0 Å². The Balaban J connectivity index is 1.60. The molecule has 0 saturated carbocycles. The fraction of sp³-hybridized carbons (Fsp3) is 0.125. The van der Waals surface area contributed by atoms with Gasteiger partial charge in [-0.25, -0.2) is 0 Å². The molecule has 0 unspecified atom stereocenters. The highest BCUT2D eigenvalue weighted by molar-refractivity contribution is 7.99. The molecule has 0 radical (unpaired) electrons. The molecule has 4 aromatic rings. The Kier molecular flexibility index (Phi) is 7.39. The number of benzene rings is 3. The minimum Gasteiger partial charge on any atom is -0.324 e. The molecule has 5 nitrogen and oxygen atoms in total. The Morgan fingerprint density at radius 3 is 2.40 bits per heavy atom. The summed E-state index contributed by atoms with van der Waals surface area (Å²) < 4.78 is 40.8. The Labute approximate surface area is 213 Å². The van der Waals surface area contributed by atoms with Crippen LogP contribution in [0.5, 0.6) is 0 Å². The van der Waals surface area contributed by atoms with Crippen molar-refractivity contribution in [2.45, 2.75) is 18.3 Å². The van der Waals surface area contributed by atoms with Crippen LogP contribution in [0.3, 0.4) is 0 Å². The molecule has 1 amide bonds. The van der Waals surface area contributed by atoms with E-state index in [0.29, 0.717) is 21.6 Å². The van der Waals surface area contributed by atoms with Gasteiger partial charge >= 0.3 is 6.18 Å². The highest BCUT2D eigenvalue weighted by atomic mass is 35.5. The summed E-state index contributed by atoms with van der Waals surface area (Å²) in [4.78, 5) is 12.6. The number of halogens is 5. The van der Waals surface area contributed by atoms with Crippen LogP contribution >= 0.6 is 35.0 Å². The van der Waals surface area contributed by atoms with Gasteiger partial charge in [0.15, 0.2) is 11.0 Å². The summed E-state index contributed by atoms with van der Waals surface area (Å²) in [6.07, 6.45) is -4.56. The van der Waals surface area contributed by atoms with Gasteiger partial charge in [0.2, 0.25) is 5.91 Å². The number of hydrogen-bond acceptors (Lipinski definition) is 4. The molecule has 0 aliphatic heterocycles. The first-order chi connectivity index (χ1) is 16.6. The summed E-state index contributed by atoms with van der Waals surface area (Å²) in [7, 11) is 0. The maximum atomic E-state index is 13.0. The predicted molar refractivity (Wildman–Crippen MR) is 132 cm³/mol. The van der Waals surface area contributed by atoms with E-state index < -0.39 is 17.6 Å². The van der Waals surface area contributed by atoms with Crippen LogP contribution in [0.4, 0.5) is 18.9 Å². The number of carbonyl (C=O) groups excluding carboxylic acids is 1.